The predicted octanol–water partition coefficient (Wildman–Crippen LogP) is 4.99. The Morgan fingerprint density at radius 1 is 1.00 bits per heavy atom. The summed E-state index contributed by atoms with van der Waals surface area (Å²) in [6.07, 6.45) is 4.87. The van der Waals surface area contributed by atoms with Gasteiger partial charge in [-0.3, -0.25) is 9.59 Å². The summed E-state index contributed by atoms with van der Waals surface area (Å²) in [5.74, 6) is -0.149. The highest BCUT2D eigenvalue weighted by molar-refractivity contribution is 6.34. The molecule has 0 radical (unpaired) electrons. The molecule has 4 nitrogen and oxygen atoms in total. The number of hydrogen-bond donors (Lipinski definition) is 2. The van der Waals surface area contributed by atoms with E-state index >= 15 is 0 Å². The van der Waals surface area contributed by atoms with Crippen molar-refractivity contribution in [3.05, 3.63) is 64.1 Å². The highest BCUT2D eigenvalue weighted by Crippen LogP contribution is 2.30. The first-order chi connectivity index (χ1) is 12.0. The fourth-order valence-electron chi connectivity index (χ4n) is 2.26. The van der Waals surface area contributed by atoms with E-state index in [1.165, 1.54) is 6.08 Å². The molecule has 0 aliphatic heterocycles. The maximum Gasteiger partial charge on any atom is 0.248 e. The number of nitrogens with one attached hydrogen (secondary N) is 2. The highest BCUT2D eigenvalue weighted by atomic mass is 35.5. The highest BCUT2D eigenvalue weighted by Gasteiger charge is 2.29. The Bertz CT molecular complexity index is 845. The van der Waals surface area contributed by atoms with Gasteiger partial charge in [0.15, 0.2) is 0 Å². The minimum atomic E-state index is -0.304. The van der Waals surface area contributed by atoms with Crippen molar-refractivity contribution in [1.29, 1.82) is 0 Å². The van der Waals surface area contributed by atoms with Crippen LogP contribution in [0.15, 0.2) is 48.5 Å². The van der Waals surface area contributed by atoms with E-state index in [0.29, 0.717) is 27.0 Å². The largest absolute Gasteiger partial charge is 0.326 e. The van der Waals surface area contributed by atoms with Gasteiger partial charge in [-0.15, -0.1) is 0 Å². The Kier molecular flexibility index (Phi) is 5.41. The Hall–Kier alpha value is -2.30. The van der Waals surface area contributed by atoms with Crippen LogP contribution in [0.25, 0.3) is 6.08 Å². The van der Waals surface area contributed by atoms with Gasteiger partial charge in [-0.25, -0.2) is 0 Å². The number of carbonyl (C=O) groups excluding carboxylic acids is 2. The molecular formula is C19H16Cl2N2O2. The second-order valence-corrected chi connectivity index (χ2v) is 6.68. The third kappa shape index (κ3) is 5.08. The van der Waals surface area contributed by atoms with Crippen LogP contribution in [-0.2, 0) is 9.59 Å². The van der Waals surface area contributed by atoms with Crippen molar-refractivity contribution in [2.24, 2.45) is 5.92 Å². The SMILES string of the molecule is O=C(/C=C/c1cc(Cl)ccc1Cl)Nc1cccc(NC(=O)C2CC2)c1. The van der Waals surface area contributed by atoms with Gasteiger partial charge in [-0.2, -0.15) is 0 Å². The van der Waals surface area contributed by atoms with Gasteiger partial charge in [0.2, 0.25) is 11.8 Å². The quantitative estimate of drug-likeness (QED) is 0.723. The molecule has 0 heterocycles. The summed E-state index contributed by atoms with van der Waals surface area (Å²) in [7, 11) is 0. The normalized spacial score (nSPS) is 13.7. The molecule has 0 spiro atoms. The van der Waals surface area contributed by atoms with Crippen LogP contribution in [-0.4, -0.2) is 11.8 Å². The average molecular weight is 375 g/mol. The third-order valence-corrected chi connectivity index (χ3v) is 4.30. The van der Waals surface area contributed by atoms with Crippen molar-refractivity contribution in [3.8, 4) is 0 Å². The number of rotatable bonds is 5. The van der Waals surface area contributed by atoms with E-state index in [1.54, 1.807) is 48.5 Å². The Morgan fingerprint density at radius 3 is 2.44 bits per heavy atom. The average Bonchev–Trinajstić information content (AvgIpc) is 3.41. The fraction of sp³-hybridized carbons (Fsp3) is 0.158. The maximum atomic E-state index is 12.1. The Labute approximate surface area is 155 Å². The summed E-state index contributed by atoms with van der Waals surface area (Å²) in [5, 5.41) is 6.66. The van der Waals surface area contributed by atoms with Gasteiger partial charge in [0.05, 0.1) is 0 Å². The van der Waals surface area contributed by atoms with Gasteiger partial charge in [0.25, 0.3) is 0 Å². The molecule has 0 saturated heterocycles. The van der Waals surface area contributed by atoms with E-state index in [1.807, 2.05) is 0 Å². The standard InChI is InChI=1S/C19H16Cl2N2O2/c20-14-7-8-17(21)13(10-14)6-9-18(24)22-15-2-1-3-16(11-15)23-19(25)12-4-5-12/h1-3,6-12H,4-5H2,(H,22,24)(H,23,25)/b9-6+. The van der Waals surface area contributed by atoms with Crippen LogP contribution >= 0.6 is 23.2 Å². The van der Waals surface area contributed by atoms with Gasteiger partial charge >= 0.3 is 0 Å². The Morgan fingerprint density at radius 2 is 1.72 bits per heavy atom. The molecular weight excluding hydrogens is 359 g/mol. The van der Waals surface area contributed by atoms with Gasteiger partial charge in [0.1, 0.15) is 0 Å². The number of anilines is 2. The monoisotopic (exact) mass is 374 g/mol. The molecule has 1 aliphatic rings. The summed E-state index contributed by atoms with van der Waals surface area (Å²) in [4.78, 5) is 23.9. The van der Waals surface area contributed by atoms with E-state index in [9.17, 15) is 9.59 Å². The zero-order valence-corrected chi connectivity index (χ0v) is 14.8. The molecule has 25 heavy (non-hydrogen) atoms. The van der Waals surface area contributed by atoms with E-state index in [4.69, 9.17) is 23.2 Å². The number of carbonyl (C=O) groups is 2. The van der Waals surface area contributed by atoms with Crippen LogP contribution in [0.4, 0.5) is 11.4 Å². The van der Waals surface area contributed by atoms with Gasteiger partial charge in [-0.05, 0) is 60.9 Å². The zero-order chi connectivity index (χ0) is 17.8. The lowest BCUT2D eigenvalue weighted by atomic mass is 10.2. The van der Waals surface area contributed by atoms with Gasteiger partial charge < -0.3 is 10.6 Å². The topological polar surface area (TPSA) is 58.2 Å². The smallest absolute Gasteiger partial charge is 0.248 e. The number of hydrogen-bond acceptors (Lipinski definition) is 2. The molecule has 1 fully saturated rings. The molecule has 3 rings (SSSR count). The second-order valence-electron chi connectivity index (χ2n) is 5.83. The molecule has 2 amide bonds. The Balaban J connectivity index is 1.63. The van der Waals surface area contributed by atoms with Crippen LogP contribution in [0, 0.1) is 5.92 Å². The predicted molar refractivity (Wildman–Crippen MR) is 102 cm³/mol. The summed E-state index contributed by atoms with van der Waals surface area (Å²) in [5.41, 5.74) is 1.92. The third-order valence-electron chi connectivity index (χ3n) is 3.72. The molecule has 0 aromatic heterocycles. The second kappa shape index (κ2) is 7.72. The first kappa shape index (κ1) is 17.5. The molecule has 1 aliphatic carbocycles. The molecule has 128 valence electrons. The lowest BCUT2D eigenvalue weighted by Crippen LogP contribution is -2.14. The van der Waals surface area contributed by atoms with Crippen molar-refractivity contribution in [1.82, 2.24) is 0 Å². The lowest BCUT2D eigenvalue weighted by molar-refractivity contribution is -0.117. The fourth-order valence-corrected chi connectivity index (χ4v) is 2.62. The van der Waals surface area contributed by atoms with Gasteiger partial charge in [-0.1, -0.05) is 29.3 Å². The molecule has 6 heteroatoms. The maximum absolute atomic E-state index is 12.1. The van der Waals surface area contributed by atoms with E-state index < -0.39 is 0 Å². The van der Waals surface area contributed by atoms with Crippen LogP contribution in [0.5, 0.6) is 0 Å². The van der Waals surface area contributed by atoms with Crippen LogP contribution in [0.3, 0.4) is 0 Å². The first-order valence-electron chi connectivity index (χ1n) is 7.86. The van der Waals surface area contributed by atoms with Crippen LogP contribution in [0.2, 0.25) is 10.0 Å². The number of benzene rings is 2. The van der Waals surface area contributed by atoms with E-state index in [0.717, 1.165) is 12.8 Å². The summed E-state index contributed by atoms with van der Waals surface area (Å²) >= 11 is 12.0. The van der Waals surface area contributed by atoms with E-state index in [-0.39, 0.29) is 17.7 Å². The van der Waals surface area contributed by atoms with Crippen LogP contribution < -0.4 is 10.6 Å². The molecule has 2 N–H and O–H groups in total. The van der Waals surface area contributed by atoms with Crippen molar-refractivity contribution < 1.29 is 9.59 Å². The number of halogens is 2. The summed E-state index contributed by atoms with van der Waals surface area (Å²) in [6.45, 7) is 0. The molecule has 2 aromatic carbocycles. The zero-order valence-electron chi connectivity index (χ0n) is 13.3. The van der Waals surface area contributed by atoms with Crippen molar-refractivity contribution in [3.63, 3.8) is 0 Å². The minimum absolute atomic E-state index is 0.0268. The molecule has 0 atom stereocenters. The molecule has 0 bridgehead atoms. The van der Waals surface area contributed by atoms with Crippen molar-refractivity contribution >= 4 is 52.5 Å². The van der Waals surface area contributed by atoms with E-state index in [2.05, 4.69) is 10.6 Å². The minimum Gasteiger partial charge on any atom is -0.326 e. The van der Waals surface area contributed by atoms with Gasteiger partial charge in [0, 0.05) is 33.4 Å². The lowest BCUT2D eigenvalue weighted by Gasteiger charge is -2.07. The van der Waals surface area contributed by atoms with Crippen LogP contribution in [0.1, 0.15) is 18.4 Å². The summed E-state index contributed by atoms with van der Waals surface area (Å²) in [6, 6.07) is 12.1. The summed E-state index contributed by atoms with van der Waals surface area (Å²) < 4.78 is 0. The number of amides is 2. The van der Waals surface area contributed by atoms with Crippen molar-refractivity contribution in [2.45, 2.75) is 12.8 Å². The first-order valence-corrected chi connectivity index (χ1v) is 8.62. The molecule has 2 aromatic rings. The molecule has 1 saturated carbocycles. The molecule has 0 unspecified atom stereocenters. The van der Waals surface area contributed by atoms with Crippen molar-refractivity contribution in [2.75, 3.05) is 10.6 Å².